The molecule has 1 aliphatic heterocycles. The van der Waals surface area contributed by atoms with E-state index >= 15 is 0 Å². The maximum atomic E-state index is 12.9. The van der Waals surface area contributed by atoms with E-state index in [1.807, 2.05) is 48.9 Å². The van der Waals surface area contributed by atoms with E-state index in [9.17, 15) is 4.79 Å². The third kappa shape index (κ3) is 4.09. The predicted molar refractivity (Wildman–Crippen MR) is 120 cm³/mol. The van der Waals surface area contributed by atoms with E-state index in [0.717, 1.165) is 48.7 Å². The molecular weight excluding hydrogens is 374 g/mol. The van der Waals surface area contributed by atoms with Gasteiger partial charge in [0.25, 0.3) is 5.91 Å². The number of aryl methyl sites for hydroxylation is 1. The molecule has 6 heteroatoms. The number of hydrogen-bond acceptors (Lipinski definition) is 4. The van der Waals surface area contributed by atoms with Crippen LogP contribution in [0.5, 0.6) is 0 Å². The molecule has 1 aromatic heterocycles. The number of rotatable bonds is 5. The van der Waals surface area contributed by atoms with Gasteiger partial charge in [-0.15, -0.1) is 0 Å². The Labute approximate surface area is 178 Å². The van der Waals surface area contributed by atoms with Gasteiger partial charge < -0.3 is 15.1 Å². The van der Waals surface area contributed by atoms with Crippen molar-refractivity contribution in [3.8, 4) is 5.69 Å². The van der Waals surface area contributed by atoms with E-state index in [1.54, 1.807) is 6.20 Å². The molecule has 1 amide bonds. The number of nitrogens with one attached hydrogen (secondary N) is 1. The van der Waals surface area contributed by atoms with E-state index in [4.69, 9.17) is 0 Å². The number of anilines is 1. The molecule has 0 bridgehead atoms. The van der Waals surface area contributed by atoms with Crippen LogP contribution < -0.4 is 10.2 Å². The van der Waals surface area contributed by atoms with Gasteiger partial charge in [-0.1, -0.05) is 36.4 Å². The van der Waals surface area contributed by atoms with Crippen LogP contribution in [0.25, 0.3) is 5.69 Å². The fraction of sp³-hybridized carbons (Fsp3) is 0.333. The summed E-state index contributed by atoms with van der Waals surface area (Å²) >= 11 is 0. The highest BCUT2D eigenvalue weighted by atomic mass is 16.1. The minimum atomic E-state index is -0.0967. The first-order chi connectivity index (χ1) is 14.5. The molecule has 4 rings (SSSR count). The largest absolute Gasteiger partial charge is 0.369 e. The molecular formula is C24H29N5O. The lowest BCUT2D eigenvalue weighted by atomic mass is 10.1. The molecule has 2 aromatic carbocycles. The summed E-state index contributed by atoms with van der Waals surface area (Å²) in [4.78, 5) is 17.7. The number of piperazine rings is 1. The van der Waals surface area contributed by atoms with Crippen molar-refractivity contribution in [2.45, 2.75) is 20.4 Å². The van der Waals surface area contributed by atoms with Gasteiger partial charge in [-0.25, -0.2) is 4.68 Å². The SMILES string of the molecule is Cc1ccccc1-n1ncc(C(=O)NCc2ccccc2N2CCN(C)CC2)c1C. The summed E-state index contributed by atoms with van der Waals surface area (Å²) in [6.07, 6.45) is 1.66. The Morgan fingerprint density at radius 3 is 2.37 bits per heavy atom. The maximum Gasteiger partial charge on any atom is 0.255 e. The second-order valence-electron chi connectivity index (χ2n) is 7.94. The molecule has 3 aromatic rings. The Bertz CT molecular complexity index is 1030. The lowest BCUT2D eigenvalue weighted by Gasteiger charge is -2.35. The first-order valence-electron chi connectivity index (χ1n) is 10.4. The van der Waals surface area contributed by atoms with E-state index in [2.05, 4.69) is 45.5 Å². The van der Waals surface area contributed by atoms with Crippen LogP contribution in [0.15, 0.2) is 54.7 Å². The second-order valence-corrected chi connectivity index (χ2v) is 7.94. The van der Waals surface area contributed by atoms with Crippen molar-refractivity contribution in [3.63, 3.8) is 0 Å². The molecule has 0 aliphatic carbocycles. The van der Waals surface area contributed by atoms with E-state index in [1.165, 1.54) is 5.69 Å². The Morgan fingerprint density at radius 1 is 0.967 bits per heavy atom. The number of carbonyl (C=O) groups is 1. The summed E-state index contributed by atoms with van der Waals surface area (Å²) in [7, 11) is 2.16. The van der Waals surface area contributed by atoms with Gasteiger partial charge >= 0.3 is 0 Å². The first kappa shape index (κ1) is 20.2. The number of para-hydroxylation sites is 2. The van der Waals surface area contributed by atoms with Crippen molar-refractivity contribution in [1.82, 2.24) is 20.0 Å². The van der Waals surface area contributed by atoms with Gasteiger partial charge in [-0.05, 0) is 44.2 Å². The van der Waals surface area contributed by atoms with Crippen molar-refractivity contribution < 1.29 is 4.79 Å². The molecule has 2 heterocycles. The maximum absolute atomic E-state index is 12.9. The Kier molecular flexibility index (Phi) is 5.86. The molecule has 0 spiro atoms. The fourth-order valence-corrected chi connectivity index (χ4v) is 3.96. The van der Waals surface area contributed by atoms with Crippen LogP contribution in [0.2, 0.25) is 0 Å². The van der Waals surface area contributed by atoms with Crippen molar-refractivity contribution >= 4 is 11.6 Å². The van der Waals surface area contributed by atoms with Crippen LogP contribution >= 0.6 is 0 Å². The molecule has 0 saturated carbocycles. The van der Waals surface area contributed by atoms with Crippen molar-refractivity contribution in [2.24, 2.45) is 0 Å². The topological polar surface area (TPSA) is 53.4 Å². The van der Waals surface area contributed by atoms with Gasteiger partial charge in [0.05, 0.1) is 23.1 Å². The summed E-state index contributed by atoms with van der Waals surface area (Å²) in [5.41, 5.74) is 5.91. The van der Waals surface area contributed by atoms with Gasteiger partial charge in [0.15, 0.2) is 0 Å². The van der Waals surface area contributed by atoms with Crippen LogP contribution in [0, 0.1) is 13.8 Å². The number of carbonyl (C=O) groups excluding carboxylic acids is 1. The summed E-state index contributed by atoms with van der Waals surface area (Å²) in [6.45, 7) is 8.60. The monoisotopic (exact) mass is 403 g/mol. The highest BCUT2D eigenvalue weighted by Gasteiger charge is 2.19. The molecule has 1 saturated heterocycles. The normalized spacial score (nSPS) is 14.7. The fourth-order valence-electron chi connectivity index (χ4n) is 3.96. The number of benzene rings is 2. The first-order valence-corrected chi connectivity index (χ1v) is 10.4. The van der Waals surface area contributed by atoms with Gasteiger partial charge in [0, 0.05) is 38.4 Å². The Balaban J connectivity index is 1.48. The van der Waals surface area contributed by atoms with E-state index < -0.39 is 0 Å². The van der Waals surface area contributed by atoms with Crippen LogP contribution in [0.3, 0.4) is 0 Å². The minimum absolute atomic E-state index is 0.0967. The molecule has 0 radical (unpaired) electrons. The summed E-state index contributed by atoms with van der Waals surface area (Å²) in [5.74, 6) is -0.0967. The number of amides is 1. The zero-order valence-electron chi connectivity index (χ0n) is 17.9. The van der Waals surface area contributed by atoms with Gasteiger partial charge in [-0.2, -0.15) is 5.10 Å². The average Bonchev–Trinajstić information content (AvgIpc) is 3.14. The Hall–Kier alpha value is -3.12. The number of hydrogen-bond donors (Lipinski definition) is 1. The number of nitrogens with zero attached hydrogens (tertiary/aromatic N) is 4. The van der Waals surface area contributed by atoms with Crippen LogP contribution in [0.4, 0.5) is 5.69 Å². The molecule has 1 aliphatic rings. The third-order valence-electron chi connectivity index (χ3n) is 5.87. The average molecular weight is 404 g/mol. The molecule has 6 nitrogen and oxygen atoms in total. The highest BCUT2D eigenvalue weighted by Crippen LogP contribution is 2.22. The van der Waals surface area contributed by atoms with Crippen molar-refractivity contribution in [3.05, 3.63) is 77.1 Å². The predicted octanol–water partition coefficient (Wildman–Crippen LogP) is 3.17. The van der Waals surface area contributed by atoms with Crippen LogP contribution in [0.1, 0.15) is 27.2 Å². The van der Waals surface area contributed by atoms with Crippen molar-refractivity contribution in [2.75, 3.05) is 38.1 Å². The van der Waals surface area contributed by atoms with Crippen molar-refractivity contribution in [1.29, 1.82) is 0 Å². The molecule has 0 unspecified atom stereocenters. The van der Waals surface area contributed by atoms with Gasteiger partial charge in [0.2, 0.25) is 0 Å². The van der Waals surface area contributed by atoms with E-state index in [0.29, 0.717) is 12.1 Å². The zero-order valence-corrected chi connectivity index (χ0v) is 17.9. The summed E-state index contributed by atoms with van der Waals surface area (Å²) in [6, 6.07) is 16.4. The molecule has 0 atom stereocenters. The summed E-state index contributed by atoms with van der Waals surface area (Å²) in [5, 5.41) is 7.56. The van der Waals surface area contributed by atoms with Gasteiger partial charge in [-0.3, -0.25) is 4.79 Å². The number of aromatic nitrogens is 2. The Morgan fingerprint density at radius 2 is 1.63 bits per heavy atom. The van der Waals surface area contributed by atoms with Gasteiger partial charge in [0.1, 0.15) is 0 Å². The lowest BCUT2D eigenvalue weighted by molar-refractivity contribution is 0.0950. The highest BCUT2D eigenvalue weighted by molar-refractivity contribution is 5.95. The minimum Gasteiger partial charge on any atom is -0.369 e. The molecule has 30 heavy (non-hydrogen) atoms. The van der Waals surface area contributed by atoms with E-state index in [-0.39, 0.29) is 5.91 Å². The standard InChI is InChI=1S/C24H29N5O/c1-18-8-4-6-10-22(18)29-19(2)21(17-26-29)24(30)25-16-20-9-5-7-11-23(20)28-14-12-27(3)13-15-28/h4-11,17H,12-16H2,1-3H3,(H,25,30). The molecule has 1 N–H and O–H groups in total. The quantitative estimate of drug-likeness (QED) is 0.711. The number of likely N-dealkylation sites (N-methyl/N-ethyl adjacent to an activating group) is 1. The zero-order chi connectivity index (χ0) is 21.1. The lowest BCUT2D eigenvalue weighted by Crippen LogP contribution is -2.45. The third-order valence-corrected chi connectivity index (χ3v) is 5.87. The van der Waals surface area contributed by atoms with Crippen LogP contribution in [-0.4, -0.2) is 53.8 Å². The summed E-state index contributed by atoms with van der Waals surface area (Å²) < 4.78 is 1.84. The van der Waals surface area contributed by atoms with Crippen LogP contribution in [-0.2, 0) is 6.54 Å². The second kappa shape index (κ2) is 8.71. The smallest absolute Gasteiger partial charge is 0.255 e. The molecule has 1 fully saturated rings. The molecule has 156 valence electrons.